The molecule has 132 valence electrons. The number of nitrogens with zero attached hydrogens (tertiary/aromatic N) is 2. The number of carbonyl (C=O) groups is 2. The zero-order valence-electron chi connectivity index (χ0n) is 14.0. The summed E-state index contributed by atoms with van der Waals surface area (Å²) < 4.78 is 7.33. The Bertz CT molecular complexity index is 709. The highest BCUT2D eigenvalue weighted by molar-refractivity contribution is 5.98. The van der Waals surface area contributed by atoms with Gasteiger partial charge in [0.1, 0.15) is 6.10 Å². The van der Waals surface area contributed by atoms with Crippen molar-refractivity contribution >= 4 is 17.5 Å². The van der Waals surface area contributed by atoms with Crippen LogP contribution in [0.25, 0.3) is 0 Å². The van der Waals surface area contributed by atoms with Crippen molar-refractivity contribution < 1.29 is 14.3 Å². The van der Waals surface area contributed by atoms with Crippen molar-refractivity contribution in [2.24, 2.45) is 0 Å². The molecule has 1 aliphatic heterocycles. The van der Waals surface area contributed by atoms with Crippen LogP contribution in [0.2, 0.25) is 0 Å². The molecule has 0 radical (unpaired) electrons. The number of carbonyl (C=O) groups excluding carboxylic acids is 2. The Labute approximate surface area is 146 Å². The number of aryl methyl sites for hydroxylation is 1. The Balaban J connectivity index is 1.48. The predicted octanol–water partition coefficient (Wildman–Crippen LogP) is 1.82. The third-order valence-corrected chi connectivity index (χ3v) is 4.05. The highest BCUT2D eigenvalue weighted by atomic mass is 16.5. The second kappa shape index (κ2) is 8.43. The van der Waals surface area contributed by atoms with Gasteiger partial charge in [0.2, 0.25) is 0 Å². The number of imidazole rings is 1. The molecule has 3 rings (SSSR count). The summed E-state index contributed by atoms with van der Waals surface area (Å²) in [5.74, 6) is -0.311. The van der Waals surface area contributed by atoms with Gasteiger partial charge in [-0.25, -0.2) is 4.98 Å². The molecule has 1 fully saturated rings. The van der Waals surface area contributed by atoms with E-state index in [2.05, 4.69) is 15.6 Å². The fourth-order valence-corrected chi connectivity index (χ4v) is 2.73. The van der Waals surface area contributed by atoms with Gasteiger partial charge in [-0.2, -0.15) is 0 Å². The molecule has 0 saturated carbocycles. The van der Waals surface area contributed by atoms with E-state index in [-0.39, 0.29) is 17.9 Å². The number of aromatic nitrogens is 2. The maximum Gasteiger partial charge on any atom is 0.253 e. The number of benzene rings is 1. The largest absolute Gasteiger partial charge is 0.368 e. The van der Waals surface area contributed by atoms with E-state index in [1.807, 2.05) is 10.8 Å². The molecule has 7 heteroatoms. The van der Waals surface area contributed by atoms with Crippen LogP contribution >= 0.6 is 0 Å². The molecule has 1 saturated heterocycles. The van der Waals surface area contributed by atoms with Gasteiger partial charge in [0.05, 0.1) is 6.33 Å². The summed E-state index contributed by atoms with van der Waals surface area (Å²) >= 11 is 0. The Hall–Kier alpha value is -2.67. The van der Waals surface area contributed by atoms with E-state index < -0.39 is 0 Å². The molecule has 1 unspecified atom stereocenters. The highest BCUT2D eigenvalue weighted by Gasteiger charge is 2.23. The summed E-state index contributed by atoms with van der Waals surface area (Å²) in [4.78, 5) is 28.3. The minimum absolute atomic E-state index is 0.154. The predicted molar refractivity (Wildman–Crippen MR) is 93.2 cm³/mol. The number of nitrogens with one attached hydrogen (secondary N) is 2. The van der Waals surface area contributed by atoms with E-state index in [1.54, 1.807) is 36.8 Å². The Morgan fingerprint density at radius 1 is 1.36 bits per heavy atom. The van der Waals surface area contributed by atoms with Gasteiger partial charge < -0.3 is 19.9 Å². The zero-order valence-corrected chi connectivity index (χ0v) is 14.0. The van der Waals surface area contributed by atoms with Crippen molar-refractivity contribution in [2.45, 2.75) is 31.9 Å². The van der Waals surface area contributed by atoms with E-state index >= 15 is 0 Å². The minimum atomic E-state index is -0.388. The van der Waals surface area contributed by atoms with Crippen LogP contribution in [-0.2, 0) is 16.1 Å². The molecule has 1 aromatic heterocycles. The van der Waals surface area contributed by atoms with Crippen molar-refractivity contribution in [2.75, 3.05) is 18.5 Å². The lowest BCUT2D eigenvalue weighted by Crippen LogP contribution is -2.27. The average Bonchev–Trinajstić information content (AvgIpc) is 3.32. The Morgan fingerprint density at radius 3 is 3.04 bits per heavy atom. The molecule has 2 amide bonds. The van der Waals surface area contributed by atoms with Gasteiger partial charge in [0, 0.05) is 43.3 Å². The number of ether oxygens (including phenoxy) is 1. The fourth-order valence-electron chi connectivity index (χ4n) is 2.73. The van der Waals surface area contributed by atoms with Crippen molar-refractivity contribution in [1.29, 1.82) is 0 Å². The van der Waals surface area contributed by atoms with E-state index in [1.165, 1.54) is 0 Å². The molecule has 1 atom stereocenters. The van der Waals surface area contributed by atoms with Gasteiger partial charge in [-0.05, 0) is 37.5 Å². The fraction of sp³-hybridized carbons (Fsp3) is 0.389. The first-order chi connectivity index (χ1) is 12.2. The SMILES string of the molecule is O=C(NCCCn1ccnc1)c1cccc(NC(=O)C2CCCO2)c1. The lowest BCUT2D eigenvalue weighted by molar-refractivity contribution is -0.124. The third-order valence-electron chi connectivity index (χ3n) is 4.05. The number of anilines is 1. The first kappa shape index (κ1) is 17.2. The second-order valence-electron chi connectivity index (χ2n) is 5.98. The molecule has 0 aliphatic carbocycles. The molecular weight excluding hydrogens is 320 g/mol. The molecule has 2 heterocycles. The summed E-state index contributed by atoms with van der Waals surface area (Å²) in [6, 6.07) is 6.93. The first-order valence-corrected chi connectivity index (χ1v) is 8.49. The van der Waals surface area contributed by atoms with Gasteiger partial charge >= 0.3 is 0 Å². The number of hydrogen-bond donors (Lipinski definition) is 2. The van der Waals surface area contributed by atoms with Crippen LogP contribution in [0.1, 0.15) is 29.6 Å². The summed E-state index contributed by atoms with van der Waals surface area (Å²) in [7, 11) is 0. The number of hydrogen-bond acceptors (Lipinski definition) is 4. The van der Waals surface area contributed by atoms with Gasteiger partial charge in [-0.3, -0.25) is 9.59 Å². The van der Waals surface area contributed by atoms with Gasteiger partial charge in [-0.15, -0.1) is 0 Å². The second-order valence-corrected chi connectivity index (χ2v) is 5.98. The molecule has 0 spiro atoms. The van der Waals surface area contributed by atoms with Gasteiger partial charge in [0.25, 0.3) is 11.8 Å². The standard InChI is InChI=1S/C18H22N4O3/c23-17(20-7-3-9-22-10-8-19-13-22)14-4-1-5-15(12-14)21-18(24)16-6-2-11-25-16/h1,4-5,8,10,12-13,16H,2-3,6-7,9,11H2,(H,20,23)(H,21,24). The van der Waals surface area contributed by atoms with Gasteiger partial charge in [0.15, 0.2) is 0 Å². The summed E-state index contributed by atoms with van der Waals surface area (Å²) in [6.45, 7) is 2.00. The van der Waals surface area contributed by atoms with Crippen LogP contribution in [-0.4, -0.2) is 40.6 Å². The van der Waals surface area contributed by atoms with Crippen molar-refractivity contribution in [3.63, 3.8) is 0 Å². The highest BCUT2D eigenvalue weighted by Crippen LogP contribution is 2.16. The summed E-state index contributed by atoms with van der Waals surface area (Å²) in [5, 5.41) is 5.70. The molecule has 0 bridgehead atoms. The Kier molecular flexibility index (Phi) is 5.79. The van der Waals surface area contributed by atoms with Crippen LogP contribution in [0.5, 0.6) is 0 Å². The van der Waals surface area contributed by atoms with Crippen LogP contribution < -0.4 is 10.6 Å². The van der Waals surface area contributed by atoms with Crippen LogP contribution in [0.4, 0.5) is 5.69 Å². The molecule has 2 aromatic rings. The smallest absolute Gasteiger partial charge is 0.253 e. The molecule has 2 N–H and O–H groups in total. The Morgan fingerprint density at radius 2 is 2.28 bits per heavy atom. The lowest BCUT2D eigenvalue weighted by Gasteiger charge is -2.11. The topological polar surface area (TPSA) is 85.3 Å². The maximum absolute atomic E-state index is 12.2. The zero-order chi connectivity index (χ0) is 17.5. The average molecular weight is 342 g/mol. The van der Waals surface area contributed by atoms with Crippen LogP contribution in [0, 0.1) is 0 Å². The third kappa shape index (κ3) is 4.90. The van der Waals surface area contributed by atoms with E-state index in [0.717, 1.165) is 25.8 Å². The first-order valence-electron chi connectivity index (χ1n) is 8.49. The van der Waals surface area contributed by atoms with Crippen molar-refractivity contribution in [3.05, 3.63) is 48.5 Å². The molecule has 25 heavy (non-hydrogen) atoms. The number of rotatable bonds is 7. The normalized spacial score (nSPS) is 16.6. The van der Waals surface area contributed by atoms with Gasteiger partial charge in [-0.1, -0.05) is 6.07 Å². The summed E-state index contributed by atoms with van der Waals surface area (Å²) in [6.07, 6.45) is 7.44. The molecular formula is C18H22N4O3. The van der Waals surface area contributed by atoms with Crippen LogP contribution in [0.15, 0.2) is 43.0 Å². The van der Waals surface area contributed by atoms with E-state index in [0.29, 0.717) is 24.4 Å². The van der Waals surface area contributed by atoms with E-state index in [9.17, 15) is 9.59 Å². The van der Waals surface area contributed by atoms with E-state index in [4.69, 9.17) is 4.74 Å². The lowest BCUT2D eigenvalue weighted by atomic mass is 10.1. The monoisotopic (exact) mass is 342 g/mol. The quantitative estimate of drug-likeness (QED) is 0.752. The van der Waals surface area contributed by atoms with Crippen molar-refractivity contribution in [3.8, 4) is 0 Å². The van der Waals surface area contributed by atoms with Crippen molar-refractivity contribution in [1.82, 2.24) is 14.9 Å². The molecule has 1 aliphatic rings. The summed E-state index contributed by atoms with van der Waals surface area (Å²) in [5.41, 5.74) is 1.12. The maximum atomic E-state index is 12.2. The number of amides is 2. The molecule has 1 aromatic carbocycles. The van der Waals surface area contributed by atoms with Crippen LogP contribution in [0.3, 0.4) is 0 Å². The minimum Gasteiger partial charge on any atom is -0.368 e. The molecule has 7 nitrogen and oxygen atoms in total.